The summed E-state index contributed by atoms with van der Waals surface area (Å²) >= 11 is 0. The number of hydrogen-bond acceptors (Lipinski definition) is 12. The molecule has 13 nitrogen and oxygen atoms in total. The van der Waals surface area contributed by atoms with Gasteiger partial charge in [0.15, 0.2) is 0 Å². The van der Waals surface area contributed by atoms with E-state index in [2.05, 4.69) is 24.7 Å². The number of hydrogen-bond donors (Lipinski definition) is 4. The van der Waals surface area contributed by atoms with E-state index < -0.39 is 20.2 Å². The van der Waals surface area contributed by atoms with Crippen LogP contribution in [-0.2, 0) is 41.6 Å². The van der Waals surface area contributed by atoms with E-state index >= 15 is 0 Å². The predicted molar refractivity (Wildman–Crippen MR) is 131 cm³/mol. The van der Waals surface area contributed by atoms with E-state index in [1.807, 2.05) is 0 Å². The fraction of sp³-hybridized carbons (Fsp3) is 0. The summed E-state index contributed by atoms with van der Waals surface area (Å²) in [6, 6.07) is 15.9. The maximum Gasteiger partial charge on any atom is 0.312 e. The first-order chi connectivity index (χ1) is 17.5. The molecule has 0 aliphatic rings. The summed E-state index contributed by atoms with van der Waals surface area (Å²) in [5.41, 5.74) is 0.410. The van der Waals surface area contributed by atoms with Crippen molar-refractivity contribution < 1.29 is 53.0 Å². The van der Waals surface area contributed by atoms with Crippen LogP contribution in [0.5, 0.6) is 11.5 Å². The van der Waals surface area contributed by atoms with Gasteiger partial charge < -0.3 is 10.2 Å². The zero-order valence-electron chi connectivity index (χ0n) is 18.8. The second-order valence-electron chi connectivity index (χ2n) is 7.41. The SMILES string of the molecule is NOS(=O)(=O)c1ccc2c(N=Nc3ccc(N=Nc4cccc(S(=O)(=O)O)c4)cc3O)c(O)ccc2c1.[Cu]. The van der Waals surface area contributed by atoms with Crippen molar-refractivity contribution in [3.63, 3.8) is 0 Å². The minimum Gasteiger partial charge on any atom is -0.506 e. The minimum absolute atomic E-state index is 0. The number of azo groups is 2. The topological polar surface area (TPSA) is 214 Å². The normalized spacial score (nSPS) is 12.3. The molecule has 16 heteroatoms. The zero-order chi connectivity index (χ0) is 26.8. The molecular weight excluding hydrogens is 590 g/mol. The third kappa shape index (κ3) is 6.38. The Morgan fingerprint density at radius 2 is 1.42 bits per heavy atom. The van der Waals surface area contributed by atoms with Crippen LogP contribution in [-0.4, -0.2) is 31.6 Å². The van der Waals surface area contributed by atoms with Gasteiger partial charge in [0.05, 0.1) is 21.2 Å². The number of phenols is 2. The summed E-state index contributed by atoms with van der Waals surface area (Å²) in [6.45, 7) is 0. The van der Waals surface area contributed by atoms with Gasteiger partial charge in [0.1, 0.15) is 22.9 Å². The molecule has 4 rings (SSSR count). The second-order valence-corrected chi connectivity index (χ2v) is 10.4. The largest absolute Gasteiger partial charge is 0.506 e. The third-order valence-electron chi connectivity index (χ3n) is 4.97. The van der Waals surface area contributed by atoms with Gasteiger partial charge in [-0.25, -0.2) is 0 Å². The Labute approximate surface area is 226 Å². The Hall–Kier alpha value is -3.76. The van der Waals surface area contributed by atoms with Gasteiger partial charge in [-0.15, -0.1) is 10.2 Å². The van der Waals surface area contributed by atoms with E-state index in [-0.39, 0.29) is 61.1 Å². The molecule has 1 radical (unpaired) electrons. The molecule has 38 heavy (non-hydrogen) atoms. The molecule has 0 amide bonds. The molecule has 5 N–H and O–H groups in total. The van der Waals surface area contributed by atoms with Gasteiger partial charge in [-0.3, -0.25) is 4.55 Å². The molecule has 0 unspecified atom stereocenters. The molecule has 4 aromatic rings. The fourth-order valence-electron chi connectivity index (χ4n) is 3.18. The third-order valence-corrected chi connectivity index (χ3v) is 6.90. The van der Waals surface area contributed by atoms with Crippen LogP contribution in [0.3, 0.4) is 0 Å². The molecule has 0 fully saturated rings. The number of nitrogens with zero attached hydrogens (tertiary/aromatic N) is 4. The number of nitrogens with two attached hydrogens (primary N) is 1. The molecule has 0 saturated carbocycles. The van der Waals surface area contributed by atoms with Gasteiger partial charge in [-0.1, -0.05) is 18.2 Å². The Balaban J connectivity index is 0.00000400. The minimum atomic E-state index is -4.40. The van der Waals surface area contributed by atoms with Crippen LogP contribution in [0.2, 0.25) is 0 Å². The molecular formula is C22H17CuN5O8S2. The summed E-state index contributed by atoms with van der Waals surface area (Å²) < 4.78 is 59.3. The monoisotopic (exact) mass is 606 g/mol. The average molecular weight is 607 g/mol. The van der Waals surface area contributed by atoms with Crippen molar-refractivity contribution in [2.45, 2.75) is 9.79 Å². The van der Waals surface area contributed by atoms with E-state index in [0.717, 1.165) is 6.07 Å². The van der Waals surface area contributed by atoms with Crippen LogP contribution in [0.25, 0.3) is 10.8 Å². The van der Waals surface area contributed by atoms with Gasteiger partial charge in [0, 0.05) is 28.5 Å². The van der Waals surface area contributed by atoms with Crippen molar-refractivity contribution in [2.24, 2.45) is 26.4 Å². The molecule has 0 saturated heterocycles. The number of rotatable bonds is 7. The summed E-state index contributed by atoms with van der Waals surface area (Å²) in [6.07, 6.45) is 0. The van der Waals surface area contributed by atoms with Gasteiger partial charge in [0.25, 0.3) is 10.1 Å². The number of fused-ring (bicyclic) bond motifs is 1. The van der Waals surface area contributed by atoms with E-state index in [4.69, 9.17) is 10.4 Å². The van der Waals surface area contributed by atoms with Crippen LogP contribution < -0.4 is 5.90 Å². The molecule has 201 valence electrons. The Morgan fingerprint density at radius 3 is 2.08 bits per heavy atom. The molecule has 0 aromatic heterocycles. The average Bonchev–Trinajstić information content (AvgIpc) is 2.87. The van der Waals surface area contributed by atoms with Crippen LogP contribution in [0.4, 0.5) is 22.7 Å². The molecule has 4 aromatic carbocycles. The smallest absolute Gasteiger partial charge is 0.312 e. The Kier molecular flexibility index (Phi) is 8.58. The van der Waals surface area contributed by atoms with Gasteiger partial charge in [0.2, 0.25) is 0 Å². The molecule has 0 spiro atoms. The van der Waals surface area contributed by atoms with Gasteiger partial charge in [-0.2, -0.15) is 37.2 Å². The second kappa shape index (κ2) is 11.3. The van der Waals surface area contributed by atoms with Crippen molar-refractivity contribution in [1.82, 2.24) is 0 Å². The van der Waals surface area contributed by atoms with E-state index in [0.29, 0.717) is 10.8 Å². The van der Waals surface area contributed by atoms with Gasteiger partial charge in [-0.05, 0) is 53.9 Å². The van der Waals surface area contributed by atoms with Crippen LogP contribution in [0.15, 0.2) is 103 Å². The van der Waals surface area contributed by atoms with Crippen molar-refractivity contribution in [3.05, 3.63) is 72.8 Å². The summed E-state index contributed by atoms with van der Waals surface area (Å²) in [5.74, 6) is 4.26. The summed E-state index contributed by atoms with van der Waals surface area (Å²) in [5, 5.41) is 37.1. The first-order valence-electron chi connectivity index (χ1n) is 10.1. The first-order valence-corrected chi connectivity index (χ1v) is 13.0. The van der Waals surface area contributed by atoms with E-state index in [9.17, 15) is 27.0 Å². The quantitative estimate of drug-likeness (QED) is 0.0971. The van der Waals surface area contributed by atoms with Crippen molar-refractivity contribution in [1.29, 1.82) is 0 Å². The standard InChI is InChI=1S/C22H17N5O8S2.Cu/c23-35-37(33,34)17-6-7-18-13(10-17)4-9-20(28)22(18)27-26-19-8-5-15(12-21(19)29)25-24-14-2-1-3-16(11-14)36(30,31)32;/h1-12,28-29H,23H2,(H,30,31,32);. The predicted octanol–water partition coefficient (Wildman–Crippen LogP) is 4.91. The first kappa shape index (κ1) is 28.8. The number of benzene rings is 4. The molecule has 0 aliphatic carbocycles. The maximum absolute atomic E-state index is 11.8. The van der Waals surface area contributed by atoms with Crippen LogP contribution in [0.1, 0.15) is 0 Å². The number of aromatic hydroxyl groups is 2. The molecule has 0 bridgehead atoms. The number of phenolic OH excluding ortho intramolecular Hbond substituents is 2. The van der Waals surface area contributed by atoms with Gasteiger partial charge >= 0.3 is 10.1 Å². The van der Waals surface area contributed by atoms with Crippen molar-refractivity contribution >= 4 is 53.8 Å². The maximum atomic E-state index is 11.8. The zero-order valence-corrected chi connectivity index (χ0v) is 21.4. The van der Waals surface area contributed by atoms with Crippen molar-refractivity contribution in [3.8, 4) is 11.5 Å². The van der Waals surface area contributed by atoms with E-state index in [1.165, 1.54) is 66.7 Å². The molecule has 0 heterocycles. The summed E-state index contributed by atoms with van der Waals surface area (Å²) in [4.78, 5) is -0.534. The van der Waals surface area contributed by atoms with E-state index in [1.54, 1.807) is 0 Å². The Bertz CT molecular complexity index is 1800. The molecule has 0 atom stereocenters. The molecule has 0 aliphatic heterocycles. The summed E-state index contributed by atoms with van der Waals surface area (Å²) in [7, 11) is -8.53. The Morgan fingerprint density at radius 1 is 0.711 bits per heavy atom. The van der Waals surface area contributed by atoms with Crippen LogP contribution >= 0.6 is 0 Å². The fourth-order valence-corrected chi connectivity index (χ4v) is 4.32. The van der Waals surface area contributed by atoms with Crippen molar-refractivity contribution in [2.75, 3.05) is 0 Å². The van der Waals surface area contributed by atoms with Crippen LogP contribution in [0, 0.1) is 0 Å².